The molecule has 3 rings (SSSR count). The van der Waals surface area contributed by atoms with E-state index in [2.05, 4.69) is 5.32 Å². The molecule has 0 spiro atoms. The smallest absolute Gasteiger partial charge is 0.339 e. The van der Waals surface area contributed by atoms with E-state index in [4.69, 9.17) is 4.18 Å². The van der Waals surface area contributed by atoms with Crippen LogP contribution < -0.4 is 9.50 Å². The van der Waals surface area contributed by atoms with Crippen LogP contribution in [0.1, 0.15) is 34.8 Å². The monoisotopic (exact) mass is 473 g/mol. The quantitative estimate of drug-likeness (QED) is 0.621. The summed E-state index contributed by atoms with van der Waals surface area (Å²) in [6.45, 7) is 8.86. The van der Waals surface area contributed by atoms with E-state index in [0.29, 0.717) is 43.9 Å². The Morgan fingerprint density at radius 3 is 2.42 bits per heavy atom. The second-order valence-electron chi connectivity index (χ2n) is 8.21. The summed E-state index contributed by atoms with van der Waals surface area (Å²) in [6, 6.07) is 11.3. The zero-order chi connectivity index (χ0) is 24.0. The fraction of sp³-hybridized carbons (Fsp3) is 0.417. The first-order valence-electron chi connectivity index (χ1n) is 11.1. The Morgan fingerprint density at radius 1 is 1.00 bits per heavy atom. The largest absolute Gasteiger partial charge is 0.379 e. The van der Waals surface area contributed by atoms with Crippen LogP contribution in [0.2, 0.25) is 0 Å². The molecule has 1 aliphatic heterocycles. The Bertz CT molecular complexity index is 1100. The normalized spacial score (nSPS) is 15.1. The van der Waals surface area contributed by atoms with Gasteiger partial charge in [0.1, 0.15) is 10.6 Å². The van der Waals surface area contributed by atoms with Gasteiger partial charge in [-0.3, -0.25) is 14.5 Å². The van der Waals surface area contributed by atoms with Gasteiger partial charge in [-0.15, -0.1) is 0 Å². The third-order valence-electron chi connectivity index (χ3n) is 5.54. The molecule has 8 nitrogen and oxygen atoms in total. The van der Waals surface area contributed by atoms with Gasteiger partial charge in [-0.25, -0.2) is 0 Å². The van der Waals surface area contributed by atoms with Gasteiger partial charge >= 0.3 is 10.1 Å². The third-order valence-corrected chi connectivity index (χ3v) is 6.93. The summed E-state index contributed by atoms with van der Waals surface area (Å²) in [5, 5.41) is 2.79. The number of carbonyl (C=O) groups is 2. The molecule has 2 amide bonds. The van der Waals surface area contributed by atoms with Crippen molar-refractivity contribution in [3.63, 3.8) is 0 Å². The molecule has 0 aliphatic carbocycles. The number of amides is 2. The number of nitrogens with one attached hydrogen (secondary N) is 1. The summed E-state index contributed by atoms with van der Waals surface area (Å²) in [5.74, 6) is 0.0129. The second-order valence-corrected chi connectivity index (χ2v) is 9.72. The predicted octanol–water partition coefficient (Wildman–Crippen LogP) is 2.36. The number of likely N-dealkylation sites (N-methyl/N-ethyl adjacent to an activating group) is 1. The third kappa shape index (κ3) is 6.55. The SMILES string of the molecule is CCNC(=O)CN1CCCN(C(=O)c2ccc(OS(=O)(=O)c3cc(C)ccc3C)cc2)CC1. The molecule has 0 bridgehead atoms. The van der Waals surface area contributed by atoms with E-state index >= 15 is 0 Å². The summed E-state index contributed by atoms with van der Waals surface area (Å²) < 4.78 is 30.7. The Kier molecular flexibility index (Phi) is 8.10. The Balaban J connectivity index is 1.63. The average Bonchev–Trinajstić information content (AvgIpc) is 3.01. The van der Waals surface area contributed by atoms with Crippen LogP contribution in [-0.2, 0) is 14.9 Å². The predicted molar refractivity (Wildman–Crippen MR) is 126 cm³/mol. The van der Waals surface area contributed by atoms with E-state index in [1.54, 1.807) is 36.1 Å². The maximum absolute atomic E-state index is 13.0. The summed E-state index contributed by atoms with van der Waals surface area (Å²) in [5.41, 5.74) is 1.89. The van der Waals surface area contributed by atoms with Gasteiger partial charge in [0.05, 0.1) is 6.54 Å². The summed E-state index contributed by atoms with van der Waals surface area (Å²) in [6.07, 6.45) is 0.778. The van der Waals surface area contributed by atoms with E-state index in [9.17, 15) is 18.0 Å². The molecule has 0 aromatic heterocycles. The lowest BCUT2D eigenvalue weighted by Crippen LogP contribution is -2.40. The van der Waals surface area contributed by atoms with E-state index < -0.39 is 10.1 Å². The minimum atomic E-state index is -3.98. The minimum absolute atomic E-state index is 0.0105. The van der Waals surface area contributed by atoms with Crippen LogP contribution in [0.3, 0.4) is 0 Å². The molecular weight excluding hydrogens is 442 g/mol. The number of hydrogen-bond donors (Lipinski definition) is 1. The van der Waals surface area contributed by atoms with Crippen LogP contribution in [0.4, 0.5) is 0 Å². The molecule has 0 unspecified atom stereocenters. The highest BCUT2D eigenvalue weighted by atomic mass is 32.2. The highest BCUT2D eigenvalue weighted by Crippen LogP contribution is 2.23. The van der Waals surface area contributed by atoms with Crippen LogP contribution in [0.15, 0.2) is 47.4 Å². The molecule has 178 valence electrons. The molecule has 9 heteroatoms. The van der Waals surface area contributed by atoms with Crippen LogP contribution in [0.5, 0.6) is 5.75 Å². The number of benzene rings is 2. The van der Waals surface area contributed by atoms with Gasteiger partial charge in [0.25, 0.3) is 5.91 Å². The van der Waals surface area contributed by atoms with E-state index in [0.717, 1.165) is 18.5 Å². The molecule has 2 aromatic rings. The zero-order valence-electron chi connectivity index (χ0n) is 19.3. The fourth-order valence-electron chi connectivity index (χ4n) is 3.77. The Morgan fingerprint density at radius 2 is 1.73 bits per heavy atom. The van der Waals surface area contributed by atoms with Gasteiger partial charge in [0.2, 0.25) is 5.91 Å². The van der Waals surface area contributed by atoms with Crippen molar-refractivity contribution >= 4 is 21.9 Å². The van der Waals surface area contributed by atoms with Crippen molar-refractivity contribution in [2.75, 3.05) is 39.3 Å². The van der Waals surface area contributed by atoms with Gasteiger partial charge in [-0.05, 0) is 68.7 Å². The number of carbonyl (C=O) groups excluding carboxylic acids is 2. The van der Waals surface area contributed by atoms with Gasteiger partial charge in [-0.2, -0.15) is 8.42 Å². The Hall–Kier alpha value is -2.91. The van der Waals surface area contributed by atoms with Crippen molar-refractivity contribution in [1.29, 1.82) is 0 Å². The first-order chi connectivity index (χ1) is 15.7. The summed E-state index contributed by atoms with van der Waals surface area (Å²) in [7, 11) is -3.98. The van der Waals surface area contributed by atoms with Crippen molar-refractivity contribution in [2.24, 2.45) is 0 Å². The first-order valence-corrected chi connectivity index (χ1v) is 12.5. The molecule has 1 saturated heterocycles. The van der Waals surface area contributed by atoms with Gasteiger partial charge in [-0.1, -0.05) is 12.1 Å². The van der Waals surface area contributed by atoms with Crippen LogP contribution in [-0.4, -0.2) is 69.3 Å². The van der Waals surface area contributed by atoms with Crippen LogP contribution >= 0.6 is 0 Å². The average molecular weight is 474 g/mol. The van der Waals surface area contributed by atoms with Gasteiger partial charge < -0.3 is 14.4 Å². The molecular formula is C24H31N3O5S. The zero-order valence-corrected chi connectivity index (χ0v) is 20.2. The van der Waals surface area contributed by atoms with Crippen molar-refractivity contribution in [1.82, 2.24) is 15.1 Å². The summed E-state index contributed by atoms with van der Waals surface area (Å²) in [4.78, 5) is 28.7. The molecule has 1 aliphatic rings. The van der Waals surface area contributed by atoms with E-state index in [1.165, 1.54) is 12.1 Å². The first kappa shape index (κ1) is 24.7. The van der Waals surface area contributed by atoms with Crippen molar-refractivity contribution < 1.29 is 22.2 Å². The standard InChI is InChI=1S/C24H31N3O5S/c1-4-25-23(28)17-26-12-5-13-27(15-14-26)24(29)20-8-10-21(11-9-20)32-33(30,31)22-16-18(2)6-7-19(22)3/h6-11,16H,4-5,12-15,17H2,1-3H3,(H,25,28). The molecule has 0 saturated carbocycles. The second kappa shape index (κ2) is 10.8. The van der Waals surface area contributed by atoms with Crippen molar-refractivity contribution in [3.05, 3.63) is 59.2 Å². The van der Waals surface area contributed by atoms with Gasteiger partial charge in [0, 0.05) is 38.3 Å². The summed E-state index contributed by atoms with van der Waals surface area (Å²) >= 11 is 0. The maximum Gasteiger partial charge on any atom is 0.339 e. The molecule has 1 fully saturated rings. The van der Waals surface area contributed by atoms with E-state index in [-0.39, 0.29) is 22.5 Å². The van der Waals surface area contributed by atoms with Crippen molar-refractivity contribution in [2.45, 2.75) is 32.1 Å². The molecule has 0 radical (unpaired) electrons. The van der Waals surface area contributed by atoms with Gasteiger partial charge in [0.15, 0.2) is 0 Å². The lowest BCUT2D eigenvalue weighted by molar-refractivity contribution is -0.122. The molecule has 1 heterocycles. The Labute approximate surface area is 195 Å². The maximum atomic E-state index is 13.0. The van der Waals surface area contributed by atoms with E-state index in [1.807, 2.05) is 24.8 Å². The molecule has 1 N–H and O–H groups in total. The van der Waals surface area contributed by atoms with Crippen molar-refractivity contribution in [3.8, 4) is 5.75 Å². The number of nitrogens with zero attached hydrogens (tertiary/aromatic N) is 2. The molecule has 33 heavy (non-hydrogen) atoms. The molecule has 0 atom stereocenters. The van der Waals surface area contributed by atoms with Crippen LogP contribution in [0.25, 0.3) is 0 Å². The molecule has 2 aromatic carbocycles. The highest BCUT2D eigenvalue weighted by Gasteiger charge is 2.23. The lowest BCUT2D eigenvalue weighted by Gasteiger charge is -2.22. The fourth-order valence-corrected chi connectivity index (χ4v) is 5.02. The number of rotatable bonds is 7. The number of aryl methyl sites for hydroxylation is 2. The lowest BCUT2D eigenvalue weighted by atomic mass is 10.2. The van der Waals surface area contributed by atoms with Crippen LogP contribution in [0, 0.1) is 13.8 Å². The topological polar surface area (TPSA) is 96.0 Å². The number of hydrogen-bond acceptors (Lipinski definition) is 6. The minimum Gasteiger partial charge on any atom is -0.379 e. The highest BCUT2D eigenvalue weighted by molar-refractivity contribution is 7.87.